The molecule has 5 fully saturated rings. The first-order chi connectivity index (χ1) is 12.7. The number of hydrogen-bond donors (Lipinski definition) is 1. The Morgan fingerprint density at radius 1 is 1.04 bits per heavy atom. The predicted molar refractivity (Wildman–Crippen MR) is 98.6 cm³/mol. The summed E-state index contributed by atoms with van der Waals surface area (Å²) < 4.78 is 5.43. The monoisotopic (exact) mass is 355 g/mol. The Bertz CT molecular complexity index is 637. The number of aliphatic hydroxyl groups excluding tert-OH is 1. The van der Waals surface area contributed by atoms with Crippen LogP contribution < -0.4 is 0 Å². The molecule has 4 bridgehead atoms. The zero-order chi connectivity index (χ0) is 17.7. The van der Waals surface area contributed by atoms with E-state index >= 15 is 0 Å². The van der Waals surface area contributed by atoms with Crippen LogP contribution in [0.5, 0.6) is 0 Å². The number of carbonyl (C=O) groups is 1. The van der Waals surface area contributed by atoms with Crippen molar-refractivity contribution in [1.29, 1.82) is 0 Å². The van der Waals surface area contributed by atoms with Crippen molar-refractivity contribution < 1.29 is 14.6 Å². The molecule has 140 valence electrons. The lowest BCUT2D eigenvalue weighted by atomic mass is 9.42. The fourth-order valence-corrected chi connectivity index (χ4v) is 6.75. The molecule has 4 heteroatoms. The second kappa shape index (κ2) is 6.35. The second-order valence-corrected chi connectivity index (χ2v) is 8.92. The third-order valence-corrected chi connectivity index (χ3v) is 7.89. The average Bonchev–Trinajstić information content (AvgIpc) is 2.67. The van der Waals surface area contributed by atoms with Gasteiger partial charge >= 0.3 is 0 Å². The van der Waals surface area contributed by atoms with E-state index in [4.69, 9.17) is 4.74 Å². The number of benzene rings is 1. The summed E-state index contributed by atoms with van der Waals surface area (Å²) in [5.41, 5.74) is 1.31. The predicted octanol–water partition coefficient (Wildman–Crippen LogP) is 2.60. The third kappa shape index (κ3) is 2.45. The van der Waals surface area contributed by atoms with Gasteiger partial charge in [-0.25, -0.2) is 0 Å². The number of nitrogens with zero attached hydrogens (tertiary/aromatic N) is 1. The summed E-state index contributed by atoms with van der Waals surface area (Å²) in [4.78, 5) is 15.3. The van der Waals surface area contributed by atoms with Gasteiger partial charge in [-0.15, -0.1) is 0 Å². The molecule has 1 aromatic carbocycles. The average molecular weight is 355 g/mol. The molecule has 4 aliphatic carbocycles. The minimum atomic E-state index is -0.105. The molecule has 6 rings (SSSR count). The van der Waals surface area contributed by atoms with Crippen LogP contribution in [0.4, 0.5) is 0 Å². The summed E-state index contributed by atoms with van der Waals surface area (Å²) in [6.07, 6.45) is 4.85. The molecule has 0 spiro atoms. The number of rotatable bonds is 3. The van der Waals surface area contributed by atoms with Gasteiger partial charge in [-0.3, -0.25) is 4.79 Å². The maximum Gasteiger partial charge on any atom is 0.223 e. The Balaban J connectivity index is 1.50. The van der Waals surface area contributed by atoms with Gasteiger partial charge in [0.2, 0.25) is 5.91 Å². The Morgan fingerprint density at radius 3 is 2.19 bits per heavy atom. The van der Waals surface area contributed by atoms with E-state index in [0.717, 1.165) is 38.8 Å². The first-order valence-electron chi connectivity index (χ1n) is 10.3. The first kappa shape index (κ1) is 16.8. The van der Waals surface area contributed by atoms with Crippen molar-refractivity contribution in [3.63, 3.8) is 0 Å². The lowest BCUT2D eigenvalue weighted by molar-refractivity contribution is -0.155. The lowest BCUT2D eigenvalue weighted by Crippen LogP contribution is -2.61. The first-order valence-corrected chi connectivity index (χ1v) is 10.3. The number of carbonyl (C=O) groups excluding carboxylic acids is 1. The third-order valence-electron chi connectivity index (χ3n) is 7.89. The maximum atomic E-state index is 13.3. The number of morpholine rings is 1. The zero-order valence-electron chi connectivity index (χ0n) is 15.3. The van der Waals surface area contributed by atoms with Crippen molar-refractivity contribution in [1.82, 2.24) is 4.90 Å². The van der Waals surface area contributed by atoms with Crippen molar-refractivity contribution in [2.75, 3.05) is 26.3 Å². The topological polar surface area (TPSA) is 49.8 Å². The summed E-state index contributed by atoms with van der Waals surface area (Å²) in [5.74, 6) is 2.26. The molecule has 1 saturated heterocycles. The minimum absolute atomic E-state index is 0.0379. The molecule has 0 atom stereocenters. The molecule has 0 aromatic heterocycles. The van der Waals surface area contributed by atoms with E-state index in [1.165, 1.54) is 5.56 Å². The van der Waals surface area contributed by atoms with Crippen LogP contribution in [0.2, 0.25) is 0 Å². The van der Waals surface area contributed by atoms with E-state index in [0.29, 0.717) is 49.2 Å². The summed E-state index contributed by atoms with van der Waals surface area (Å²) in [6, 6.07) is 10.8. The fraction of sp³-hybridized carbons (Fsp3) is 0.682. The van der Waals surface area contributed by atoms with Crippen molar-refractivity contribution in [3.05, 3.63) is 35.9 Å². The largest absolute Gasteiger partial charge is 0.393 e. The van der Waals surface area contributed by atoms with E-state index in [1.54, 1.807) is 0 Å². The van der Waals surface area contributed by atoms with Crippen LogP contribution in [-0.4, -0.2) is 48.3 Å². The van der Waals surface area contributed by atoms with E-state index in [9.17, 15) is 9.90 Å². The molecule has 1 N–H and O–H groups in total. The smallest absolute Gasteiger partial charge is 0.223 e. The molecular formula is C22H29NO3. The number of amides is 1. The molecule has 4 saturated carbocycles. The summed E-state index contributed by atoms with van der Waals surface area (Å²) in [6.45, 7) is 2.77. The fourth-order valence-electron chi connectivity index (χ4n) is 6.75. The van der Waals surface area contributed by atoms with Gasteiger partial charge in [0.05, 0.1) is 19.3 Å². The quantitative estimate of drug-likeness (QED) is 0.907. The zero-order valence-corrected chi connectivity index (χ0v) is 15.3. The normalized spacial score (nSPS) is 41.4. The van der Waals surface area contributed by atoms with Gasteiger partial charge in [-0.2, -0.15) is 0 Å². The number of aliphatic hydroxyl groups is 1. The highest BCUT2D eigenvalue weighted by Crippen LogP contribution is 2.64. The molecule has 26 heavy (non-hydrogen) atoms. The van der Waals surface area contributed by atoms with Gasteiger partial charge in [0.15, 0.2) is 0 Å². The highest BCUT2D eigenvalue weighted by Gasteiger charge is 2.61. The molecule has 5 aliphatic rings. The van der Waals surface area contributed by atoms with Gasteiger partial charge in [0, 0.05) is 24.9 Å². The summed E-state index contributed by atoms with van der Waals surface area (Å²) in [7, 11) is 0. The molecule has 1 aromatic rings. The van der Waals surface area contributed by atoms with Gasteiger partial charge < -0.3 is 14.7 Å². The number of ether oxygens (including phenoxy) is 1. The standard InChI is InChI=1S/C22H29NO3/c24-20(23-6-8-26-9-7-23)14-22(17-4-2-1-3-5-17)18-10-15-11-19(22)13-16(12-18)21(15)25/h1-5,15-16,18-19,21,25H,6-14H2. The van der Waals surface area contributed by atoms with Crippen LogP contribution >= 0.6 is 0 Å². The summed E-state index contributed by atoms with van der Waals surface area (Å²) >= 11 is 0. The van der Waals surface area contributed by atoms with Crippen LogP contribution in [0.3, 0.4) is 0 Å². The van der Waals surface area contributed by atoms with Crippen molar-refractivity contribution >= 4 is 5.91 Å². The van der Waals surface area contributed by atoms with E-state index in [1.807, 2.05) is 4.90 Å². The van der Waals surface area contributed by atoms with Crippen LogP contribution in [0.15, 0.2) is 30.3 Å². The number of hydrogen-bond acceptors (Lipinski definition) is 3. The van der Waals surface area contributed by atoms with Crippen LogP contribution in [0.25, 0.3) is 0 Å². The minimum Gasteiger partial charge on any atom is -0.393 e. The molecule has 1 heterocycles. The van der Waals surface area contributed by atoms with Gasteiger partial charge in [-0.05, 0) is 54.9 Å². The Labute approximate surface area is 155 Å². The molecule has 1 aliphatic heterocycles. The Kier molecular flexibility index (Phi) is 4.09. The van der Waals surface area contributed by atoms with Crippen molar-refractivity contribution in [2.45, 2.75) is 43.6 Å². The van der Waals surface area contributed by atoms with Crippen LogP contribution in [0, 0.1) is 23.7 Å². The van der Waals surface area contributed by atoms with E-state index in [2.05, 4.69) is 30.3 Å². The van der Waals surface area contributed by atoms with E-state index in [-0.39, 0.29) is 11.5 Å². The highest BCUT2D eigenvalue weighted by molar-refractivity contribution is 5.78. The summed E-state index contributed by atoms with van der Waals surface area (Å²) in [5, 5.41) is 10.6. The van der Waals surface area contributed by atoms with E-state index < -0.39 is 0 Å². The SMILES string of the molecule is O=C(CC1(c2ccccc2)C2CC3CC1CC(C2)C3O)N1CCOCC1. The van der Waals surface area contributed by atoms with Crippen molar-refractivity contribution in [2.24, 2.45) is 23.7 Å². The molecule has 4 nitrogen and oxygen atoms in total. The second-order valence-electron chi connectivity index (χ2n) is 8.92. The van der Waals surface area contributed by atoms with Gasteiger partial charge in [0.1, 0.15) is 0 Å². The maximum absolute atomic E-state index is 13.3. The molecule has 0 radical (unpaired) electrons. The Hall–Kier alpha value is -1.39. The van der Waals surface area contributed by atoms with Crippen molar-refractivity contribution in [3.8, 4) is 0 Å². The van der Waals surface area contributed by atoms with Crippen LogP contribution in [0.1, 0.15) is 37.7 Å². The molecule has 0 unspecified atom stereocenters. The van der Waals surface area contributed by atoms with Crippen LogP contribution in [-0.2, 0) is 14.9 Å². The van der Waals surface area contributed by atoms with Gasteiger partial charge in [0.25, 0.3) is 0 Å². The molecule has 1 amide bonds. The Morgan fingerprint density at radius 2 is 1.62 bits per heavy atom. The molecular weight excluding hydrogens is 326 g/mol. The highest BCUT2D eigenvalue weighted by atomic mass is 16.5. The lowest BCUT2D eigenvalue weighted by Gasteiger charge is -2.63. The van der Waals surface area contributed by atoms with Gasteiger partial charge in [-0.1, -0.05) is 30.3 Å².